The lowest BCUT2D eigenvalue weighted by atomic mass is 10.0. The molecule has 0 fully saturated rings. The predicted octanol–water partition coefficient (Wildman–Crippen LogP) is 1.81. The number of nitrogens with zero attached hydrogens (tertiary/aromatic N) is 1. The van der Waals surface area contributed by atoms with Crippen LogP contribution in [0, 0.1) is 11.3 Å². The van der Waals surface area contributed by atoms with Crippen molar-refractivity contribution in [3.05, 3.63) is 35.4 Å². The molecule has 1 aromatic carbocycles. The number of cyclic esters (lactones) is 1. The van der Waals surface area contributed by atoms with Crippen LogP contribution in [0.25, 0.3) is 0 Å². The summed E-state index contributed by atoms with van der Waals surface area (Å²) in [6.45, 7) is 0. The molecule has 1 heterocycles. The monoisotopic (exact) mass is 173 g/mol. The molecule has 0 radical (unpaired) electrons. The number of hydrogen-bond acceptors (Lipinski definition) is 3. The molecule has 0 unspecified atom stereocenters. The van der Waals surface area contributed by atoms with Crippen molar-refractivity contribution >= 4 is 5.97 Å². The smallest absolute Gasteiger partial charge is 0.339 e. The second-order valence-electron chi connectivity index (χ2n) is 2.84. The van der Waals surface area contributed by atoms with Gasteiger partial charge in [0.2, 0.25) is 0 Å². The van der Waals surface area contributed by atoms with Crippen molar-refractivity contribution in [1.29, 1.82) is 5.26 Å². The first kappa shape index (κ1) is 7.81. The topological polar surface area (TPSA) is 50.1 Å². The van der Waals surface area contributed by atoms with Crippen LogP contribution in [-0.4, -0.2) is 5.97 Å². The van der Waals surface area contributed by atoms with Crippen LogP contribution in [0.15, 0.2) is 24.3 Å². The van der Waals surface area contributed by atoms with Crippen LogP contribution in [-0.2, 0) is 4.74 Å². The Hall–Kier alpha value is -1.82. The zero-order valence-electron chi connectivity index (χ0n) is 6.86. The van der Waals surface area contributed by atoms with Gasteiger partial charge in [0.15, 0.2) is 0 Å². The summed E-state index contributed by atoms with van der Waals surface area (Å²) in [4.78, 5) is 11.2. The lowest BCUT2D eigenvalue weighted by Crippen LogP contribution is -1.96. The Morgan fingerprint density at radius 2 is 2.23 bits per heavy atom. The summed E-state index contributed by atoms with van der Waals surface area (Å²) in [6.07, 6.45) is -0.142. The lowest BCUT2D eigenvalue weighted by molar-refractivity contribution is 0.0395. The molecule has 0 aliphatic carbocycles. The molecule has 0 saturated heterocycles. The molecule has 0 aromatic heterocycles. The largest absolute Gasteiger partial charge is 0.453 e. The summed E-state index contributed by atoms with van der Waals surface area (Å²) in [5.74, 6) is -0.323. The molecule has 2 rings (SSSR count). The van der Waals surface area contributed by atoms with Crippen LogP contribution in [0.1, 0.15) is 28.4 Å². The van der Waals surface area contributed by atoms with Gasteiger partial charge in [0, 0.05) is 5.56 Å². The minimum atomic E-state index is -0.367. The Bertz CT molecular complexity index is 392. The van der Waals surface area contributed by atoms with E-state index in [4.69, 9.17) is 10.00 Å². The molecule has 0 spiro atoms. The molecule has 1 atom stereocenters. The fourth-order valence-corrected chi connectivity index (χ4v) is 1.45. The zero-order chi connectivity index (χ0) is 9.26. The number of ether oxygens (including phenoxy) is 1. The first-order valence-corrected chi connectivity index (χ1v) is 4.00. The molecule has 1 aliphatic heterocycles. The Morgan fingerprint density at radius 3 is 3.00 bits per heavy atom. The van der Waals surface area contributed by atoms with Crippen LogP contribution in [0.5, 0.6) is 0 Å². The van der Waals surface area contributed by atoms with Crippen LogP contribution in [0.2, 0.25) is 0 Å². The normalized spacial score (nSPS) is 19.0. The van der Waals surface area contributed by atoms with Gasteiger partial charge >= 0.3 is 5.97 Å². The van der Waals surface area contributed by atoms with Gasteiger partial charge in [0.05, 0.1) is 18.1 Å². The summed E-state index contributed by atoms with van der Waals surface area (Å²) >= 11 is 0. The first-order chi connectivity index (χ1) is 6.33. The third kappa shape index (κ3) is 1.17. The number of carbonyl (C=O) groups excluding carboxylic acids is 1. The Labute approximate surface area is 75.6 Å². The Kier molecular flexibility index (Phi) is 1.75. The third-order valence-electron chi connectivity index (χ3n) is 2.05. The number of hydrogen-bond donors (Lipinski definition) is 0. The number of nitriles is 1. The highest BCUT2D eigenvalue weighted by molar-refractivity contribution is 5.93. The van der Waals surface area contributed by atoms with Crippen LogP contribution >= 0.6 is 0 Å². The molecule has 0 bridgehead atoms. The maximum atomic E-state index is 11.2. The van der Waals surface area contributed by atoms with Crippen molar-refractivity contribution in [3.63, 3.8) is 0 Å². The average molecular weight is 173 g/mol. The van der Waals surface area contributed by atoms with Gasteiger partial charge in [-0.25, -0.2) is 4.79 Å². The molecule has 1 aliphatic rings. The molecule has 0 N–H and O–H groups in total. The van der Waals surface area contributed by atoms with E-state index < -0.39 is 0 Å². The average Bonchev–Trinajstić information content (AvgIpc) is 2.46. The van der Waals surface area contributed by atoms with Gasteiger partial charge in [-0.3, -0.25) is 0 Å². The molecule has 3 nitrogen and oxygen atoms in total. The summed E-state index contributed by atoms with van der Waals surface area (Å²) < 4.78 is 5.01. The second-order valence-corrected chi connectivity index (χ2v) is 2.84. The molecule has 1 aromatic rings. The summed E-state index contributed by atoms with van der Waals surface area (Å²) in [5.41, 5.74) is 1.41. The highest BCUT2D eigenvalue weighted by Crippen LogP contribution is 2.32. The Morgan fingerprint density at radius 1 is 1.46 bits per heavy atom. The lowest BCUT2D eigenvalue weighted by Gasteiger charge is -2.03. The van der Waals surface area contributed by atoms with Gasteiger partial charge in [-0.1, -0.05) is 18.2 Å². The minimum Gasteiger partial charge on any atom is -0.453 e. The van der Waals surface area contributed by atoms with E-state index in [0.717, 1.165) is 5.56 Å². The number of rotatable bonds is 1. The molecular weight excluding hydrogens is 166 g/mol. The number of fused-ring (bicyclic) bond motifs is 1. The van der Waals surface area contributed by atoms with E-state index in [1.54, 1.807) is 12.1 Å². The first-order valence-electron chi connectivity index (χ1n) is 4.00. The van der Waals surface area contributed by atoms with Gasteiger partial charge in [-0.2, -0.15) is 5.26 Å². The quantitative estimate of drug-likeness (QED) is 0.608. The summed E-state index contributed by atoms with van der Waals surface area (Å²) in [5, 5.41) is 8.50. The van der Waals surface area contributed by atoms with Crippen LogP contribution in [0.3, 0.4) is 0 Å². The van der Waals surface area contributed by atoms with Crippen LogP contribution in [0.4, 0.5) is 0 Å². The maximum Gasteiger partial charge on any atom is 0.339 e. The highest BCUT2D eigenvalue weighted by atomic mass is 16.5. The van der Waals surface area contributed by atoms with Crippen molar-refractivity contribution in [2.24, 2.45) is 0 Å². The number of benzene rings is 1. The van der Waals surface area contributed by atoms with Crippen molar-refractivity contribution in [2.75, 3.05) is 0 Å². The van der Waals surface area contributed by atoms with E-state index in [1.165, 1.54) is 0 Å². The van der Waals surface area contributed by atoms with Gasteiger partial charge in [-0.05, 0) is 6.07 Å². The van der Waals surface area contributed by atoms with Gasteiger partial charge in [-0.15, -0.1) is 0 Å². The number of esters is 1. The fraction of sp³-hybridized carbons (Fsp3) is 0.200. The van der Waals surface area contributed by atoms with E-state index in [9.17, 15) is 4.79 Å². The molecule has 64 valence electrons. The fourth-order valence-electron chi connectivity index (χ4n) is 1.45. The Balaban J connectivity index is 2.42. The van der Waals surface area contributed by atoms with Gasteiger partial charge < -0.3 is 4.74 Å². The second kappa shape index (κ2) is 2.91. The molecule has 0 amide bonds. The van der Waals surface area contributed by atoms with E-state index in [2.05, 4.69) is 0 Å². The van der Waals surface area contributed by atoms with Gasteiger partial charge in [0.25, 0.3) is 0 Å². The summed E-state index contributed by atoms with van der Waals surface area (Å²) in [6, 6.07) is 9.16. The predicted molar refractivity (Wildman–Crippen MR) is 44.8 cm³/mol. The van der Waals surface area contributed by atoms with Gasteiger partial charge in [0.1, 0.15) is 6.10 Å². The van der Waals surface area contributed by atoms with Crippen molar-refractivity contribution < 1.29 is 9.53 Å². The number of carbonyl (C=O) groups is 1. The van der Waals surface area contributed by atoms with Crippen molar-refractivity contribution in [3.8, 4) is 6.07 Å². The maximum absolute atomic E-state index is 11.2. The zero-order valence-corrected chi connectivity index (χ0v) is 6.86. The highest BCUT2D eigenvalue weighted by Gasteiger charge is 2.29. The molecule has 3 heteroatoms. The SMILES string of the molecule is N#CC[C@@H]1OC(=O)c2ccccc21. The van der Waals surface area contributed by atoms with E-state index >= 15 is 0 Å². The van der Waals surface area contributed by atoms with Crippen LogP contribution < -0.4 is 0 Å². The van der Waals surface area contributed by atoms with Crippen molar-refractivity contribution in [1.82, 2.24) is 0 Å². The molecule has 0 saturated carbocycles. The standard InChI is InChI=1S/C10H7NO2/c11-6-5-9-7-3-1-2-4-8(7)10(12)13-9/h1-4,9H,5H2/t9-/m0/s1. The molecular formula is C10H7NO2. The van der Waals surface area contributed by atoms with E-state index in [1.807, 2.05) is 18.2 Å². The third-order valence-corrected chi connectivity index (χ3v) is 2.05. The van der Waals surface area contributed by atoms with Crippen molar-refractivity contribution in [2.45, 2.75) is 12.5 Å². The minimum absolute atomic E-state index is 0.225. The molecule has 13 heavy (non-hydrogen) atoms. The van der Waals surface area contributed by atoms with E-state index in [0.29, 0.717) is 5.56 Å². The van der Waals surface area contributed by atoms with E-state index in [-0.39, 0.29) is 18.5 Å². The summed E-state index contributed by atoms with van der Waals surface area (Å²) in [7, 11) is 0.